The van der Waals surface area contributed by atoms with Crippen LogP contribution in [-0.2, 0) is 4.79 Å². The van der Waals surface area contributed by atoms with Crippen LogP contribution in [0.5, 0.6) is 0 Å². The molecule has 1 saturated heterocycles. The third-order valence-electron chi connectivity index (χ3n) is 4.62. The van der Waals surface area contributed by atoms with E-state index < -0.39 is 0 Å². The van der Waals surface area contributed by atoms with Gasteiger partial charge < -0.3 is 4.90 Å². The average Bonchev–Trinajstić information content (AvgIpc) is 3.28. The van der Waals surface area contributed by atoms with E-state index in [-0.39, 0.29) is 11.9 Å². The van der Waals surface area contributed by atoms with Crippen molar-refractivity contribution in [1.29, 1.82) is 0 Å². The summed E-state index contributed by atoms with van der Waals surface area (Å²) in [6, 6.07) is 10.4. The monoisotopic (exact) mass is 352 g/mol. The predicted octanol–water partition coefficient (Wildman–Crippen LogP) is 3.91. The molecule has 0 bridgehead atoms. The molecule has 1 atom stereocenters. The van der Waals surface area contributed by atoms with Crippen molar-refractivity contribution in [3.63, 3.8) is 0 Å². The Morgan fingerprint density at radius 1 is 1.20 bits per heavy atom. The summed E-state index contributed by atoms with van der Waals surface area (Å²) in [7, 11) is 1.85. The minimum absolute atomic E-state index is 0.0328. The lowest BCUT2D eigenvalue weighted by molar-refractivity contribution is -0.127. The molecule has 1 amide bonds. The molecular weight excluding hydrogens is 332 g/mol. The smallest absolute Gasteiger partial charge is 0.223 e. The molecule has 0 saturated carbocycles. The van der Waals surface area contributed by atoms with Crippen molar-refractivity contribution in [1.82, 2.24) is 19.7 Å². The summed E-state index contributed by atoms with van der Waals surface area (Å²) < 4.78 is 1.91. The number of benzene rings is 1. The van der Waals surface area contributed by atoms with Gasteiger partial charge in [-0.3, -0.25) is 4.79 Å². The van der Waals surface area contributed by atoms with Crippen LogP contribution in [0.2, 0.25) is 0 Å². The topological polar surface area (TPSA) is 51.0 Å². The zero-order valence-corrected chi connectivity index (χ0v) is 15.4. The van der Waals surface area contributed by atoms with Crippen molar-refractivity contribution in [3.8, 4) is 16.4 Å². The van der Waals surface area contributed by atoms with Gasteiger partial charge in [0.2, 0.25) is 5.91 Å². The van der Waals surface area contributed by atoms with E-state index in [1.807, 2.05) is 29.2 Å². The Bertz CT molecular complexity index is 909. The van der Waals surface area contributed by atoms with Crippen LogP contribution >= 0.6 is 11.3 Å². The third-order valence-corrected chi connectivity index (χ3v) is 5.48. The van der Waals surface area contributed by atoms with E-state index in [1.165, 1.54) is 11.1 Å². The number of thiophene rings is 1. The number of hydrogen-bond donors (Lipinski definition) is 0. The summed E-state index contributed by atoms with van der Waals surface area (Å²) in [6.07, 6.45) is 1.35. The first-order valence-electron chi connectivity index (χ1n) is 8.38. The van der Waals surface area contributed by atoms with Crippen LogP contribution in [-0.4, -0.2) is 32.6 Å². The van der Waals surface area contributed by atoms with Crippen molar-refractivity contribution in [2.75, 3.05) is 7.05 Å². The van der Waals surface area contributed by atoms with E-state index in [2.05, 4.69) is 32.0 Å². The van der Waals surface area contributed by atoms with Crippen molar-refractivity contribution in [2.24, 2.45) is 0 Å². The van der Waals surface area contributed by atoms with Gasteiger partial charge in [-0.15, -0.1) is 16.4 Å². The number of hydrogen-bond acceptors (Lipinski definition) is 4. The number of aryl methyl sites for hydroxylation is 2. The Hall–Kier alpha value is -2.47. The number of aromatic nitrogens is 3. The Labute approximate surface area is 150 Å². The lowest BCUT2D eigenvalue weighted by atomic mass is 10.1. The summed E-state index contributed by atoms with van der Waals surface area (Å²) in [5, 5.41) is 6.81. The van der Waals surface area contributed by atoms with E-state index in [0.717, 1.165) is 28.6 Å². The Morgan fingerprint density at radius 3 is 2.56 bits per heavy atom. The molecule has 1 aliphatic rings. The Balaban J connectivity index is 1.88. The molecule has 128 valence electrons. The first-order valence-corrected chi connectivity index (χ1v) is 9.26. The molecule has 0 unspecified atom stereocenters. The fraction of sp³-hybridized carbons (Fsp3) is 0.316. The highest BCUT2D eigenvalue weighted by Gasteiger charge is 2.33. The molecular formula is C19H20N4OS. The highest BCUT2D eigenvalue weighted by molar-refractivity contribution is 7.13. The number of amides is 1. The standard InChI is InChI=1S/C19H20N4OS/c1-12-9-13(2)11-14(10-12)23-19(15-6-7-17(24)22(15)3)20-18(21-23)16-5-4-8-25-16/h4-5,8-11,15H,6-7H2,1-3H3/t15-/m1/s1. The first-order chi connectivity index (χ1) is 12.0. The summed E-state index contributed by atoms with van der Waals surface area (Å²) in [6.45, 7) is 4.16. The maximum absolute atomic E-state index is 12.0. The SMILES string of the molecule is Cc1cc(C)cc(-n2nc(-c3cccs3)nc2[C@H]2CCC(=O)N2C)c1. The van der Waals surface area contributed by atoms with Gasteiger partial charge in [-0.25, -0.2) is 9.67 Å². The van der Waals surface area contributed by atoms with Crippen LogP contribution in [0.3, 0.4) is 0 Å². The Morgan fingerprint density at radius 2 is 1.96 bits per heavy atom. The molecule has 3 aromatic rings. The molecule has 25 heavy (non-hydrogen) atoms. The summed E-state index contributed by atoms with van der Waals surface area (Å²) in [4.78, 5) is 19.7. The van der Waals surface area contributed by atoms with E-state index >= 15 is 0 Å². The van der Waals surface area contributed by atoms with Gasteiger partial charge in [0.15, 0.2) is 11.6 Å². The highest BCUT2D eigenvalue weighted by atomic mass is 32.1. The fourth-order valence-corrected chi connectivity index (χ4v) is 4.07. The van der Waals surface area contributed by atoms with Gasteiger partial charge in [0.1, 0.15) is 0 Å². The molecule has 1 aliphatic heterocycles. The van der Waals surface area contributed by atoms with Crippen LogP contribution < -0.4 is 0 Å². The minimum Gasteiger partial charge on any atom is -0.335 e. The molecule has 0 spiro atoms. The quantitative estimate of drug-likeness (QED) is 0.718. The summed E-state index contributed by atoms with van der Waals surface area (Å²) in [5.74, 6) is 1.72. The first kappa shape index (κ1) is 16.0. The van der Waals surface area contributed by atoms with E-state index in [4.69, 9.17) is 10.1 Å². The number of likely N-dealkylation sites (tertiary alicyclic amines) is 1. The normalized spacial score (nSPS) is 17.5. The summed E-state index contributed by atoms with van der Waals surface area (Å²) in [5.41, 5.74) is 3.37. The van der Waals surface area contributed by atoms with Crippen molar-refractivity contribution in [3.05, 3.63) is 52.7 Å². The third kappa shape index (κ3) is 2.87. The molecule has 4 rings (SSSR count). The fourth-order valence-electron chi connectivity index (χ4n) is 3.42. The molecule has 0 radical (unpaired) electrons. The minimum atomic E-state index is -0.0328. The zero-order chi connectivity index (χ0) is 17.6. The number of rotatable bonds is 3. The lowest BCUT2D eigenvalue weighted by Gasteiger charge is -2.19. The number of carbonyl (C=O) groups excluding carboxylic acids is 1. The van der Waals surface area contributed by atoms with E-state index in [0.29, 0.717) is 6.42 Å². The van der Waals surface area contributed by atoms with Crippen LogP contribution in [0.4, 0.5) is 0 Å². The molecule has 1 fully saturated rings. The van der Waals surface area contributed by atoms with Gasteiger partial charge in [-0.2, -0.15) is 0 Å². The predicted molar refractivity (Wildman–Crippen MR) is 98.9 cm³/mol. The van der Waals surface area contributed by atoms with Crippen LogP contribution in [0.1, 0.15) is 35.8 Å². The molecule has 2 aromatic heterocycles. The van der Waals surface area contributed by atoms with Crippen LogP contribution in [0, 0.1) is 13.8 Å². The van der Waals surface area contributed by atoms with Gasteiger partial charge in [-0.05, 0) is 55.0 Å². The van der Waals surface area contributed by atoms with Crippen LogP contribution in [0.25, 0.3) is 16.4 Å². The number of carbonyl (C=O) groups is 1. The van der Waals surface area contributed by atoms with Crippen LogP contribution in [0.15, 0.2) is 35.7 Å². The zero-order valence-electron chi connectivity index (χ0n) is 14.6. The second-order valence-electron chi connectivity index (χ2n) is 6.59. The Kier molecular flexibility index (Phi) is 3.92. The van der Waals surface area contributed by atoms with Gasteiger partial charge in [0, 0.05) is 13.5 Å². The maximum Gasteiger partial charge on any atom is 0.223 e. The molecule has 3 heterocycles. The van der Waals surface area contributed by atoms with Crippen molar-refractivity contribution >= 4 is 17.2 Å². The maximum atomic E-state index is 12.0. The van der Waals surface area contributed by atoms with Crippen molar-refractivity contribution < 1.29 is 4.79 Å². The van der Waals surface area contributed by atoms with Crippen molar-refractivity contribution in [2.45, 2.75) is 32.7 Å². The molecule has 6 heteroatoms. The number of nitrogens with zero attached hydrogens (tertiary/aromatic N) is 4. The highest BCUT2D eigenvalue weighted by Crippen LogP contribution is 2.33. The van der Waals surface area contributed by atoms with Gasteiger partial charge in [0.05, 0.1) is 16.6 Å². The largest absolute Gasteiger partial charge is 0.335 e. The molecule has 0 N–H and O–H groups in total. The molecule has 0 aliphatic carbocycles. The average molecular weight is 352 g/mol. The van der Waals surface area contributed by atoms with Gasteiger partial charge >= 0.3 is 0 Å². The van der Waals surface area contributed by atoms with E-state index in [1.54, 1.807) is 16.2 Å². The summed E-state index contributed by atoms with van der Waals surface area (Å²) >= 11 is 1.62. The van der Waals surface area contributed by atoms with Gasteiger partial charge in [0.25, 0.3) is 0 Å². The molecule has 1 aromatic carbocycles. The van der Waals surface area contributed by atoms with E-state index in [9.17, 15) is 4.79 Å². The lowest BCUT2D eigenvalue weighted by Crippen LogP contribution is -2.25. The second-order valence-corrected chi connectivity index (χ2v) is 7.54. The molecule has 5 nitrogen and oxygen atoms in total. The van der Waals surface area contributed by atoms with Gasteiger partial charge in [-0.1, -0.05) is 12.1 Å². The second kappa shape index (κ2) is 6.11.